The van der Waals surface area contributed by atoms with Crippen LogP contribution in [0.25, 0.3) is 0 Å². The van der Waals surface area contributed by atoms with Crippen LogP contribution in [0.2, 0.25) is 0 Å². The Labute approximate surface area is 176 Å². The summed E-state index contributed by atoms with van der Waals surface area (Å²) >= 11 is 0. The molecule has 164 valence electrons. The molecule has 0 radical (unpaired) electrons. The lowest BCUT2D eigenvalue weighted by atomic mass is 10.0. The molecule has 0 saturated carbocycles. The Balaban J connectivity index is 2.58. The molecule has 0 fully saturated rings. The van der Waals surface area contributed by atoms with E-state index in [1.807, 2.05) is 0 Å². The van der Waals surface area contributed by atoms with Crippen molar-refractivity contribution < 1.29 is 28.6 Å². The van der Waals surface area contributed by atoms with Gasteiger partial charge in [0.2, 0.25) is 0 Å². The van der Waals surface area contributed by atoms with E-state index < -0.39 is 35.0 Å². The number of amides is 3. The molecule has 30 heavy (non-hydrogen) atoms. The first-order chi connectivity index (χ1) is 13.8. The van der Waals surface area contributed by atoms with Gasteiger partial charge in [-0.2, -0.15) is 5.01 Å². The quantitative estimate of drug-likeness (QED) is 0.438. The largest absolute Gasteiger partial charge is 0.443 e. The Morgan fingerprint density at radius 2 is 1.73 bits per heavy atom. The van der Waals surface area contributed by atoms with Crippen LogP contribution in [0.4, 0.5) is 15.3 Å². The molecule has 9 nitrogen and oxygen atoms in total. The van der Waals surface area contributed by atoms with Crippen LogP contribution in [0, 0.1) is 0 Å². The van der Waals surface area contributed by atoms with Crippen LogP contribution in [0.15, 0.2) is 36.9 Å². The van der Waals surface area contributed by atoms with Crippen LogP contribution in [0.3, 0.4) is 0 Å². The van der Waals surface area contributed by atoms with E-state index in [-0.39, 0.29) is 6.61 Å². The fourth-order valence-electron chi connectivity index (χ4n) is 2.78. The first kappa shape index (κ1) is 23.2. The smallest absolute Gasteiger partial charge is 0.432 e. The molecular formula is C21H29N3O6. The van der Waals surface area contributed by atoms with Crippen LogP contribution in [0.5, 0.6) is 0 Å². The lowest BCUT2D eigenvalue weighted by Crippen LogP contribution is -2.63. The third-order valence-electron chi connectivity index (χ3n) is 3.75. The second kappa shape index (κ2) is 8.35. The van der Waals surface area contributed by atoms with Crippen molar-refractivity contribution in [3.8, 4) is 0 Å². The van der Waals surface area contributed by atoms with Crippen molar-refractivity contribution >= 4 is 23.8 Å². The topological polar surface area (TPSA) is 106 Å². The molecule has 1 heterocycles. The number of rotatable bonds is 4. The molecule has 0 aromatic heterocycles. The molecule has 0 bridgehead atoms. The third-order valence-corrected chi connectivity index (χ3v) is 3.75. The molecule has 2 N–H and O–H groups in total. The van der Waals surface area contributed by atoms with Gasteiger partial charge in [-0.25, -0.2) is 15.0 Å². The van der Waals surface area contributed by atoms with Crippen LogP contribution in [-0.2, 0) is 24.7 Å². The highest BCUT2D eigenvalue weighted by atomic mass is 16.6. The summed E-state index contributed by atoms with van der Waals surface area (Å²) in [4.78, 5) is 38.8. The summed E-state index contributed by atoms with van der Waals surface area (Å²) in [5.74, 6) is -0.674. The summed E-state index contributed by atoms with van der Waals surface area (Å²) in [6.07, 6.45) is -0.520. The van der Waals surface area contributed by atoms with Crippen molar-refractivity contribution in [2.24, 2.45) is 0 Å². The van der Waals surface area contributed by atoms with E-state index in [9.17, 15) is 14.4 Å². The minimum atomic E-state index is -2.02. The second-order valence-corrected chi connectivity index (χ2v) is 8.67. The molecule has 0 spiro atoms. The zero-order chi connectivity index (χ0) is 22.7. The molecule has 1 aliphatic rings. The molecular weight excluding hydrogens is 390 g/mol. The third kappa shape index (κ3) is 5.10. The molecule has 0 aliphatic carbocycles. The summed E-state index contributed by atoms with van der Waals surface area (Å²) in [6.45, 7) is 13.5. The molecule has 1 unspecified atom stereocenters. The number of nitrogens with zero attached hydrogens (tertiary/aromatic N) is 1. The van der Waals surface area contributed by atoms with E-state index in [1.165, 1.54) is 6.08 Å². The highest BCUT2D eigenvalue weighted by Gasteiger charge is 2.57. The normalized spacial score (nSPS) is 18.1. The summed E-state index contributed by atoms with van der Waals surface area (Å²) in [5.41, 5.74) is -0.661. The minimum absolute atomic E-state index is 0.0863. The van der Waals surface area contributed by atoms with E-state index in [0.717, 1.165) is 5.01 Å². The Kier molecular flexibility index (Phi) is 6.46. The predicted molar refractivity (Wildman–Crippen MR) is 110 cm³/mol. The Bertz CT molecular complexity index is 840. The van der Waals surface area contributed by atoms with E-state index in [1.54, 1.807) is 65.8 Å². The Morgan fingerprint density at radius 1 is 1.13 bits per heavy atom. The summed E-state index contributed by atoms with van der Waals surface area (Å²) < 4.78 is 16.5. The number of carbonyl (C=O) groups excluding carboxylic acids is 3. The number of fused-ring (bicyclic) bond motifs is 1. The van der Waals surface area contributed by atoms with Gasteiger partial charge in [0, 0.05) is 11.3 Å². The molecule has 9 heteroatoms. The SMILES string of the molecule is C=CCOC1(N(NC(=O)OC(C)(C)C)C(=O)OC(C)(C)C)C(=O)Nc2ccccc21. The number of ether oxygens (including phenoxy) is 3. The number of hydrazine groups is 1. The van der Waals surface area contributed by atoms with Gasteiger partial charge in [0.05, 0.1) is 6.61 Å². The maximum Gasteiger partial charge on any atom is 0.432 e. The zero-order valence-corrected chi connectivity index (χ0v) is 18.2. The van der Waals surface area contributed by atoms with Crippen molar-refractivity contribution in [1.29, 1.82) is 0 Å². The number of benzene rings is 1. The lowest BCUT2D eigenvalue weighted by molar-refractivity contribution is -0.178. The monoisotopic (exact) mass is 419 g/mol. The molecule has 1 aliphatic heterocycles. The summed E-state index contributed by atoms with van der Waals surface area (Å²) in [5, 5.41) is 3.40. The van der Waals surface area contributed by atoms with Gasteiger partial charge >= 0.3 is 12.2 Å². The average Bonchev–Trinajstić information content (AvgIpc) is 2.87. The number of anilines is 1. The van der Waals surface area contributed by atoms with Crippen molar-refractivity contribution in [3.63, 3.8) is 0 Å². The summed E-state index contributed by atoms with van der Waals surface area (Å²) in [7, 11) is 0. The Hall–Kier alpha value is -3.07. The van der Waals surface area contributed by atoms with E-state index in [2.05, 4.69) is 17.3 Å². The molecule has 1 atom stereocenters. The fraction of sp³-hybridized carbons (Fsp3) is 0.476. The highest BCUT2D eigenvalue weighted by molar-refractivity contribution is 6.06. The van der Waals surface area contributed by atoms with Crippen LogP contribution >= 0.6 is 0 Å². The average molecular weight is 419 g/mol. The van der Waals surface area contributed by atoms with Gasteiger partial charge in [-0.15, -0.1) is 6.58 Å². The van der Waals surface area contributed by atoms with Gasteiger partial charge in [-0.05, 0) is 47.6 Å². The van der Waals surface area contributed by atoms with Gasteiger partial charge < -0.3 is 19.5 Å². The zero-order valence-electron chi connectivity index (χ0n) is 18.2. The highest BCUT2D eigenvalue weighted by Crippen LogP contribution is 2.41. The maximum absolute atomic E-state index is 13.1. The fourth-order valence-corrected chi connectivity index (χ4v) is 2.78. The first-order valence-corrected chi connectivity index (χ1v) is 9.49. The predicted octanol–water partition coefficient (Wildman–Crippen LogP) is 3.67. The van der Waals surface area contributed by atoms with Gasteiger partial charge in [0.25, 0.3) is 11.6 Å². The molecule has 1 aromatic rings. The number of para-hydroxylation sites is 1. The standard InChI is InChI=1S/C21H29N3O6/c1-8-13-28-21(14-11-9-10-12-15(14)22-16(21)25)24(18(27)30-20(5,6)7)23-17(26)29-19(2,3)4/h8-12H,1,13H2,2-7H3,(H,22,25)(H,23,26). The van der Waals surface area contributed by atoms with E-state index >= 15 is 0 Å². The molecule has 2 rings (SSSR count). The van der Waals surface area contributed by atoms with Gasteiger partial charge in [0.15, 0.2) is 0 Å². The maximum atomic E-state index is 13.1. The number of hydrogen-bond donors (Lipinski definition) is 2. The number of hydrogen-bond acceptors (Lipinski definition) is 6. The molecule has 1 aromatic carbocycles. The number of nitrogens with one attached hydrogen (secondary N) is 2. The van der Waals surface area contributed by atoms with Crippen LogP contribution in [0.1, 0.15) is 47.1 Å². The van der Waals surface area contributed by atoms with Gasteiger partial charge in [0.1, 0.15) is 11.2 Å². The van der Waals surface area contributed by atoms with Crippen molar-refractivity contribution in [1.82, 2.24) is 10.4 Å². The molecule has 3 amide bonds. The second-order valence-electron chi connectivity index (χ2n) is 8.67. The van der Waals surface area contributed by atoms with Crippen LogP contribution in [-0.4, -0.2) is 40.9 Å². The summed E-state index contributed by atoms with van der Waals surface area (Å²) in [6, 6.07) is 6.69. The van der Waals surface area contributed by atoms with Gasteiger partial charge in [-0.1, -0.05) is 24.3 Å². The minimum Gasteiger partial charge on any atom is -0.443 e. The molecule has 0 saturated heterocycles. The Morgan fingerprint density at radius 3 is 2.30 bits per heavy atom. The number of carbonyl (C=O) groups is 3. The van der Waals surface area contributed by atoms with E-state index in [4.69, 9.17) is 14.2 Å². The van der Waals surface area contributed by atoms with Crippen LogP contribution < -0.4 is 10.7 Å². The first-order valence-electron chi connectivity index (χ1n) is 9.49. The lowest BCUT2D eigenvalue weighted by Gasteiger charge is -2.39. The van der Waals surface area contributed by atoms with Crippen molar-refractivity contribution in [2.45, 2.75) is 58.5 Å². The van der Waals surface area contributed by atoms with Gasteiger partial charge in [-0.3, -0.25) is 4.79 Å². The van der Waals surface area contributed by atoms with E-state index in [0.29, 0.717) is 11.3 Å². The van der Waals surface area contributed by atoms with Crippen molar-refractivity contribution in [2.75, 3.05) is 11.9 Å². The van der Waals surface area contributed by atoms with Crippen molar-refractivity contribution in [3.05, 3.63) is 42.5 Å².